The van der Waals surface area contributed by atoms with E-state index >= 15 is 0 Å². The molecular weight excluding hydrogens is 190 g/mol. The number of hydrogen-bond acceptors (Lipinski definition) is 4. The Bertz CT molecular complexity index is 454. The van der Waals surface area contributed by atoms with Gasteiger partial charge in [0.1, 0.15) is 6.33 Å². The molecule has 2 rings (SSSR count). The van der Waals surface area contributed by atoms with Gasteiger partial charge in [0.2, 0.25) is 0 Å². The van der Waals surface area contributed by atoms with Crippen LogP contribution in [-0.2, 0) is 6.54 Å². The third kappa shape index (κ3) is 1.76. The van der Waals surface area contributed by atoms with E-state index in [-0.39, 0.29) is 0 Å². The maximum absolute atomic E-state index is 5.72. The molecule has 5 heteroatoms. The highest BCUT2D eigenvalue weighted by Crippen LogP contribution is 2.22. The Labute approximate surface area is 87.7 Å². The number of anilines is 2. The molecule has 2 aromatic rings. The van der Waals surface area contributed by atoms with Crippen LogP contribution in [0.5, 0.6) is 0 Å². The maximum Gasteiger partial charge on any atom is 0.163 e. The molecule has 0 saturated heterocycles. The van der Waals surface area contributed by atoms with E-state index in [1.54, 1.807) is 12.4 Å². The van der Waals surface area contributed by atoms with Crippen molar-refractivity contribution in [2.24, 2.45) is 0 Å². The van der Waals surface area contributed by atoms with Crippen LogP contribution in [0, 0.1) is 0 Å². The number of nitrogens with two attached hydrogens (primary N) is 2. The van der Waals surface area contributed by atoms with Gasteiger partial charge in [-0.3, -0.25) is 0 Å². The second-order valence-corrected chi connectivity index (χ2v) is 3.33. The van der Waals surface area contributed by atoms with E-state index in [2.05, 4.69) is 10.2 Å². The zero-order valence-corrected chi connectivity index (χ0v) is 8.51. The van der Waals surface area contributed by atoms with Crippen LogP contribution >= 0.6 is 0 Å². The van der Waals surface area contributed by atoms with Gasteiger partial charge in [-0.05, 0) is 25.1 Å². The second-order valence-electron chi connectivity index (χ2n) is 3.33. The van der Waals surface area contributed by atoms with Gasteiger partial charge in [0.05, 0.1) is 0 Å². The van der Waals surface area contributed by atoms with Gasteiger partial charge in [-0.15, -0.1) is 10.2 Å². The van der Waals surface area contributed by atoms with Crippen molar-refractivity contribution in [3.8, 4) is 11.4 Å². The van der Waals surface area contributed by atoms with E-state index < -0.39 is 0 Å². The first kappa shape index (κ1) is 9.51. The van der Waals surface area contributed by atoms with Gasteiger partial charge in [0.25, 0.3) is 0 Å². The van der Waals surface area contributed by atoms with Crippen molar-refractivity contribution in [1.82, 2.24) is 14.8 Å². The van der Waals surface area contributed by atoms with Gasteiger partial charge in [-0.1, -0.05) is 0 Å². The smallest absolute Gasteiger partial charge is 0.163 e. The Balaban J connectivity index is 2.53. The van der Waals surface area contributed by atoms with Crippen molar-refractivity contribution in [2.75, 3.05) is 11.5 Å². The Morgan fingerprint density at radius 2 is 1.87 bits per heavy atom. The fourth-order valence-corrected chi connectivity index (χ4v) is 1.52. The summed E-state index contributed by atoms with van der Waals surface area (Å²) in [5.74, 6) is 0.788. The lowest BCUT2D eigenvalue weighted by Gasteiger charge is -2.05. The zero-order chi connectivity index (χ0) is 10.8. The van der Waals surface area contributed by atoms with Crippen LogP contribution in [0.3, 0.4) is 0 Å². The Hall–Kier alpha value is -2.04. The van der Waals surface area contributed by atoms with E-state index in [4.69, 9.17) is 11.5 Å². The molecular formula is C10H13N5. The minimum absolute atomic E-state index is 0.635. The zero-order valence-electron chi connectivity index (χ0n) is 8.51. The first-order valence-corrected chi connectivity index (χ1v) is 4.75. The summed E-state index contributed by atoms with van der Waals surface area (Å²) in [7, 11) is 0. The molecule has 1 heterocycles. The number of nitrogen functional groups attached to an aromatic ring is 2. The summed E-state index contributed by atoms with van der Waals surface area (Å²) in [6.45, 7) is 2.85. The van der Waals surface area contributed by atoms with Crippen LogP contribution in [0.1, 0.15) is 6.92 Å². The van der Waals surface area contributed by atoms with E-state index in [9.17, 15) is 0 Å². The van der Waals surface area contributed by atoms with Crippen LogP contribution < -0.4 is 11.5 Å². The van der Waals surface area contributed by atoms with E-state index in [0.29, 0.717) is 11.4 Å². The van der Waals surface area contributed by atoms with Crippen molar-refractivity contribution in [1.29, 1.82) is 0 Å². The minimum atomic E-state index is 0.635. The summed E-state index contributed by atoms with van der Waals surface area (Å²) < 4.78 is 1.94. The molecule has 4 N–H and O–H groups in total. The predicted molar refractivity (Wildman–Crippen MR) is 60.0 cm³/mol. The van der Waals surface area contributed by atoms with E-state index in [0.717, 1.165) is 17.9 Å². The molecule has 0 aliphatic rings. The lowest BCUT2D eigenvalue weighted by molar-refractivity contribution is 0.767. The molecule has 15 heavy (non-hydrogen) atoms. The number of benzene rings is 1. The van der Waals surface area contributed by atoms with Crippen molar-refractivity contribution in [2.45, 2.75) is 13.5 Å². The number of hydrogen-bond donors (Lipinski definition) is 2. The molecule has 1 aromatic carbocycles. The summed E-state index contributed by atoms with van der Waals surface area (Å²) in [4.78, 5) is 0. The quantitative estimate of drug-likeness (QED) is 0.717. The van der Waals surface area contributed by atoms with Crippen LogP contribution in [-0.4, -0.2) is 14.8 Å². The van der Waals surface area contributed by atoms with Crippen molar-refractivity contribution < 1.29 is 0 Å². The molecule has 1 aromatic heterocycles. The average molecular weight is 203 g/mol. The third-order valence-electron chi connectivity index (χ3n) is 2.19. The molecule has 0 radical (unpaired) electrons. The lowest BCUT2D eigenvalue weighted by Crippen LogP contribution is -1.98. The molecule has 5 nitrogen and oxygen atoms in total. The molecule has 0 atom stereocenters. The molecule has 0 saturated carbocycles. The lowest BCUT2D eigenvalue weighted by atomic mass is 10.1. The second kappa shape index (κ2) is 3.61. The number of rotatable bonds is 2. The van der Waals surface area contributed by atoms with Gasteiger partial charge in [0, 0.05) is 23.5 Å². The predicted octanol–water partition coefficient (Wildman–Crippen LogP) is 1.13. The van der Waals surface area contributed by atoms with Crippen molar-refractivity contribution in [3.63, 3.8) is 0 Å². The summed E-state index contributed by atoms with van der Waals surface area (Å²) in [6, 6.07) is 5.40. The van der Waals surface area contributed by atoms with Crippen molar-refractivity contribution >= 4 is 11.4 Å². The number of aryl methyl sites for hydroxylation is 1. The highest BCUT2D eigenvalue weighted by atomic mass is 15.3. The van der Waals surface area contributed by atoms with Crippen LogP contribution in [0.15, 0.2) is 24.5 Å². The van der Waals surface area contributed by atoms with Crippen LogP contribution in [0.2, 0.25) is 0 Å². The molecule has 0 aliphatic heterocycles. The Morgan fingerprint density at radius 3 is 2.47 bits per heavy atom. The highest BCUT2D eigenvalue weighted by molar-refractivity contribution is 5.68. The van der Waals surface area contributed by atoms with Crippen molar-refractivity contribution in [3.05, 3.63) is 24.5 Å². The molecule has 78 valence electrons. The van der Waals surface area contributed by atoms with Gasteiger partial charge in [-0.25, -0.2) is 0 Å². The third-order valence-corrected chi connectivity index (χ3v) is 2.19. The Kier molecular flexibility index (Phi) is 2.29. The molecule has 0 spiro atoms. The summed E-state index contributed by atoms with van der Waals surface area (Å²) in [6.07, 6.45) is 1.69. The first-order chi connectivity index (χ1) is 7.20. The van der Waals surface area contributed by atoms with Crippen LogP contribution in [0.25, 0.3) is 11.4 Å². The van der Waals surface area contributed by atoms with E-state index in [1.807, 2.05) is 23.6 Å². The van der Waals surface area contributed by atoms with E-state index in [1.165, 1.54) is 0 Å². The maximum atomic E-state index is 5.72. The number of aromatic nitrogens is 3. The normalized spacial score (nSPS) is 10.5. The summed E-state index contributed by atoms with van der Waals surface area (Å²) in [5.41, 5.74) is 13.6. The molecule has 0 unspecified atom stereocenters. The van der Waals surface area contributed by atoms with Gasteiger partial charge < -0.3 is 16.0 Å². The minimum Gasteiger partial charge on any atom is -0.399 e. The monoisotopic (exact) mass is 203 g/mol. The standard InChI is InChI=1S/C10H13N5/c1-2-15-6-13-14-10(15)7-3-8(11)5-9(12)4-7/h3-6H,2,11-12H2,1H3. The summed E-state index contributed by atoms with van der Waals surface area (Å²) >= 11 is 0. The van der Waals surface area contributed by atoms with Gasteiger partial charge >= 0.3 is 0 Å². The SMILES string of the molecule is CCn1cnnc1-c1cc(N)cc(N)c1. The fourth-order valence-electron chi connectivity index (χ4n) is 1.52. The largest absolute Gasteiger partial charge is 0.399 e. The fraction of sp³-hybridized carbons (Fsp3) is 0.200. The first-order valence-electron chi connectivity index (χ1n) is 4.75. The number of nitrogens with zero attached hydrogens (tertiary/aromatic N) is 3. The molecule has 0 fully saturated rings. The average Bonchev–Trinajstić information content (AvgIpc) is 2.63. The topological polar surface area (TPSA) is 82.8 Å². The Morgan fingerprint density at radius 1 is 1.20 bits per heavy atom. The molecule has 0 bridgehead atoms. The van der Waals surface area contributed by atoms with Gasteiger partial charge in [0.15, 0.2) is 5.82 Å². The van der Waals surface area contributed by atoms with Gasteiger partial charge in [-0.2, -0.15) is 0 Å². The van der Waals surface area contributed by atoms with Crippen LogP contribution in [0.4, 0.5) is 11.4 Å². The molecule has 0 aliphatic carbocycles. The summed E-state index contributed by atoms with van der Waals surface area (Å²) in [5, 5.41) is 7.90. The molecule has 0 amide bonds. The highest BCUT2D eigenvalue weighted by Gasteiger charge is 2.06.